The van der Waals surface area contributed by atoms with Gasteiger partial charge in [0.15, 0.2) is 0 Å². The standard InChI is InChI=1S/C30H42N6O6/c1-30(2,3)42-29(41)31-20-10-14-33(15-11-20)12-5-13-34-16-18-35(19-17-34)22-7-4-6-21-25(22)28(40)36(27(21)39)23-8-9-24(37)32-26(23)38/h4,6-7,20,23H,5,8-19H2,1-3H3,(H,31,41)(H,32,37,38). The van der Waals surface area contributed by atoms with E-state index in [0.717, 1.165) is 82.2 Å². The van der Waals surface area contributed by atoms with Crippen LogP contribution in [0.2, 0.25) is 0 Å². The Morgan fingerprint density at radius 1 is 0.929 bits per heavy atom. The number of benzene rings is 1. The topological polar surface area (TPSA) is 132 Å². The number of anilines is 1. The van der Waals surface area contributed by atoms with E-state index in [0.29, 0.717) is 11.1 Å². The first-order chi connectivity index (χ1) is 20.0. The summed E-state index contributed by atoms with van der Waals surface area (Å²) in [6.07, 6.45) is 2.79. The second-order valence-electron chi connectivity index (χ2n) is 12.6. The summed E-state index contributed by atoms with van der Waals surface area (Å²) in [6.45, 7) is 12.7. The molecule has 42 heavy (non-hydrogen) atoms. The molecule has 0 radical (unpaired) electrons. The van der Waals surface area contributed by atoms with Crippen LogP contribution in [0, 0.1) is 0 Å². The molecule has 1 aromatic rings. The van der Waals surface area contributed by atoms with Gasteiger partial charge in [0.25, 0.3) is 11.8 Å². The van der Waals surface area contributed by atoms with Crippen molar-refractivity contribution >= 4 is 35.4 Å². The number of likely N-dealkylation sites (tertiary alicyclic amines) is 1. The molecule has 1 unspecified atom stereocenters. The normalized spacial score (nSPS) is 22.8. The fraction of sp³-hybridized carbons (Fsp3) is 0.633. The number of rotatable bonds is 7. The molecular weight excluding hydrogens is 540 g/mol. The zero-order chi connectivity index (χ0) is 30.0. The fourth-order valence-corrected chi connectivity index (χ4v) is 6.27. The van der Waals surface area contributed by atoms with Crippen LogP contribution in [0.3, 0.4) is 0 Å². The first-order valence-corrected chi connectivity index (χ1v) is 15.0. The Balaban J connectivity index is 1.07. The van der Waals surface area contributed by atoms with Gasteiger partial charge in [0, 0.05) is 51.7 Å². The van der Waals surface area contributed by atoms with Gasteiger partial charge < -0.3 is 19.9 Å². The number of hydrogen-bond acceptors (Lipinski definition) is 9. The van der Waals surface area contributed by atoms with Crippen molar-refractivity contribution < 1.29 is 28.7 Å². The Morgan fingerprint density at radius 3 is 2.24 bits per heavy atom. The van der Waals surface area contributed by atoms with E-state index < -0.39 is 29.4 Å². The Kier molecular flexibility index (Phi) is 8.84. The number of piperidine rings is 2. The number of alkyl carbamates (subject to hydrolysis) is 1. The van der Waals surface area contributed by atoms with Crippen LogP contribution in [-0.4, -0.2) is 114 Å². The van der Waals surface area contributed by atoms with E-state index in [2.05, 4.69) is 25.3 Å². The molecule has 4 aliphatic rings. The molecule has 2 N–H and O–H groups in total. The predicted octanol–water partition coefficient (Wildman–Crippen LogP) is 1.59. The minimum atomic E-state index is -0.966. The van der Waals surface area contributed by atoms with Gasteiger partial charge in [-0.2, -0.15) is 0 Å². The lowest BCUT2D eigenvalue weighted by molar-refractivity contribution is -0.136. The highest BCUT2D eigenvalue weighted by Crippen LogP contribution is 2.34. The van der Waals surface area contributed by atoms with Gasteiger partial charge in [0.05, 0.1) is 16.8 Å². The van der Waals surface area contributed by atoms with Crippen molar-refractivity contribution in [2.75, 3.05) is 57.3 Å². The van der Waals surface area contributed by atoms with Crippen LogP contribution in [0.4, 0.5) is 10.5 Å². The third-order valence-electron chi connectivity index (χ3n) is 8.42. The number of nitrogens with one attached hydrogen (secondary N) is 2. The number of imide groups is 2. The Hall–Kier alpha value is -3.51. The summed E-state index contributed by atoms with van der Waals surface area (Å²) in [5.74, 6) is -1.93. The number of carbonyl (C=O) groups excluding carboxylic acids is 5. The maximum absolute atomic E-state index is 13.5. The summed E-state index contributed by atoms with van der Waals surface area (Å²) in [5, 5.41) is 5.24. The molecule has 0 saturated carbocycles. The molecule has 1 atom stereocenters. The molecule has 0 bridgehead atoms. The molecular formula is C30H42N6O6. The van der Waals surface area contributed by atoms with Crippen molar-refractivity contribution in [3.63, 3.8) is 0 Å². The van der Waals surface area contributed by atoms with E-state index in [1.54, 1.807) is 12.1 Å². The first-order valence-electron chi connectivity index (χ1n) is 15.0. The van der Waals surface area contributed by atoms with Gasteiger partial charge in [0.1, 0.15) is 11.6 Å². The van der Waals surface area contributed by atoms with E-state index in [1.807, 2.05) is 26.8 Å². The van der Waals surface area contributed by atoms with Crippen LogP contribution >= 0.6 is 0 Å². The largest absolute Gasteiger partial charge is 0.444 e. The molecule has 3 fully saturated rings. The lowest BCUT2D eigenvalue weighted by Gasteiger charge is -2.37. The maximum Gasteiger partial charge on any atom is 0.407 e. The molecule has 0 aliphatic carbocycles. The SMILES string of the molecule is CC(C)(C)OC(=O)NC1CCN(CCCN2CCN(c3cccc4c3C(=O)N(C3CCC(=O)NC3=O)C4=O)CC2)CC1. The van der Waals surface area contributed by atoms with E-state index in [4.69, 9.17) is 4.74 Å². The number of fused-ring (bicyclic) bond motifs is 1. The lowest BCUT2D eigenvalue weighted by atomic mass is 10.0. The summed E-state index contributed by atoms with van der Waals surface area (Å²) in [4.78, 5) is 70.7. The number of ether oxygens (including phenoxy) is 1. The molecule has 3 saturated heterocycles. The Morgan fingerprint density at radius 2 is 1.60 bits per heavy atom. The molecule has 4 heterocycles. The molecule has 4 aliphatic heterocycles. The summed E-state index contributed by atoms with van der Waals surface area (Å²) in [6, 6.07) is 4.48. The summed E-state index contributed by atoms with van der Waals surface area (Å²) < 4.78 is 5.37. The van der Waals surface area contributed by atoms with E-state index >= 15 is 0 Å². The molecule has 12 heteroatoms. The minimum absolute atomic E-state index is 0.0994. The fourth-order valence-electron chi connectivity index (χ4n) is 6.27. The molecule has 5 amide bonds. The summed E-state index contributed by atoms with van der Waals surface area (Å²) in [5.41, 5.74) is 0.898. The first kappa shape index (κ1) is 30.0. The average molecular weight is 583 g/mol. The maximum atomic E-state index is 13.5. The number of piperazine rings is 1. The van der Waals surface area contributed by atoms with Crippen molar-refractivity contribution in [2.45, 2.75) is 70.6 Å². The van der Waals surface area contributed by atoms with Crippen LogP contribution in [0.25, 0.3) is 0 Å². The third-order valence-corrected chi connectivity index (χ3v) is 8.42. The van der Waals surface area contributed by atoms with Crippen LogP contribution < -0.4 is 15.5 Å². The number of nitrogens with zero attached hydrogens (tertiary/aromatic N) is 4. The number of hydrogen-bond donors (Lipinski definition) is 2. The minimum Gasteiger partial charge on any atom is -0.444 e. The van der Waals surface area contributed by atoms with Crippen LogP contribution in [0.5, 0.6) is 0 Å². The van der Waals surface area contributed by atoms with Crippen molar-refractivity contribution in [3.8, 4) is 0 Å². The number of amides is 5. The highest BCUT2D eigenvalue weighted by atomic mass is 16.6. The second-order valence-corrected chi connectivity index (χ2v) is 12.6. The van der Waals surface area contributed by atoms with Gasteiger partial charge in [-0.05, 0) is 71.7 Å². The van der Waals surface area contributed by atoms with Gasteiger partial charge in [-0.25, -0.2) is 4.79 Å². The second kappa shape index (κ2) is 12.4. The van der Waals surface area contributed by atoms with Crippen LogP contribution in [0.1, 0.15) is 73.6 Å². The van der Waals surface area contributed by atoms with Gasteiger partial charge >= 0.3 is 6.09 Å². The number of carbonyl (C=O) groups is 5. The van der Waals surface area contributed by atoms with Crippen molar-refractivity contribution in [1.82, 2.24) is 25.3 Å². The van der Waals surface area contributed by atoms with Crippen LogP contribution in [-0.2, 0) is 14.3 Å². The van der Waals surface area contributed by atoms with E-state index in [-0.39, 0.29) is 30.9 Å². The lowest BCUT2D eigenvalue weighted by Crippen LogP contribution is -2.54. The Labute approximate surface area is 246 Å². The van der Waals surface area contributed by atoms with Crippen molar-refractivity contribution in [2.24, 2.45) is 0 Å². The van der Waals surface area contributed by atoms with Gasteiger partial charge in [-0.1, -0.05) is 6.07 Å². The molecule has 1 aromatic carbocycles. The summed E-state index contributed by atoms with van der Waals surface area (Å²) >= 11 is 0. The van der Waals surface area contributed by atoms with Crippen molar-refractivity contribution in [3.05, 3.63) is 29.3 Å². The molecule has 5 rings (SSSR count). The van der Waals surface area contributed by atoms with E-state index in [1.165, 1.54) is 0 Å². The smallest absolute Gasteiger partial charge is 0.407 e. The molecule has 12 nitrogen and oxygen atoms in total. The molecule has 0 aromatic heterocycles. The Bertz CT molecular complexity index is 1230. The molecule has 228 valence electrons. The molecule has 0 spiro atoms. The zero-order valence-electron chi connectivity index (χ0n) is 24.8. The quantitative estimate of drug-likeness (QED) is 0.460. The highest BCUT2D eigenvalue weighted by molar-refractivity contribution is 6.25. The van der Waals surface area contributed by atoms with Gasteiger partial charge in [0.2, 0.25) is 11.8 Å². The van der Waals surface area contributed by atoms with Gasteiger partial charge in [-0.15, -0.1) is 0 Å². The zero-order valence-corrected chi connectivity index (χ0v) is 24.8. The van der Waals surface area contributed by atoms with E-state index in [9.17, 15) is 24.0 Å². The predicted molar refractivity (Wildman–Crippen MR) is 155 cm³/mol. The summed E-state index contributed by atoms with van der Waals surface area (Å²) in [7, 11) is 0. The van der Waals surface area contributed by atoms with Crippen molar-refractivity contribution in [1.29, 1.82) is 0 Å². The average Bonchev–Trinajstić information content (AvgIpc) is 3.19. The monoisotopic (exact) mass is 582 g/mol. The van der Waals surface area contributed by atoms with Gasteiger partial charge in [-0.3, -0.25) is 34.3 Å². The highest BCUT2D eigenvalue weighted by Gasteiger charge is 2.46. The third kappa shape index (κ3) is 6.75. The van der Waals surface area contributed by atoms with Crippen LogP contribution in [0.15, 0.2) is 18.2 Å².